The molecular weight excluding hydrogens is 208 g/mol. The molecule has 2 aliphatic carbocycles. The Labute approximate surface area is 95.1 Å². The smallest absolute Gasteiger partial charge is 0.0818 e. The highest BCUT2D eigenvalue weighted by molar-refractivity contribution is 6.30. The maximum absolute atomic E-state index is 10.2. The first kappa shape index (κ1) is 9.68. The average molecular weight is 223 g/mol. The highest BCUT2D eigenvalue weighted by Crippen LogP contribution is 2.57. The van der Waals surface area contributed by atoms with Gasteiger partial charge in [0.15, 0.2) is 0 Å². The second-order valence-electron chi connectivity index (χ2n) is 4.98. The highest BCUT2D eigenvalue weighted by atomic mass is 35.5. The van der Waals surface area contributed by atoms with Crippen LogP contribution in [0.2, 0.25) is 5.02 Å². The Morgan fingerprint density at radius 1 is 1.07 bits per heavy atom. The van der Waals surface area contributed by atoms with Crippen LogP contribution in [0.3, 0.4) is 0 Å². The molecule has 2 fully saturated rings. The minimum absolute atomic E-state index is 0.282. The summed E-state index contributed by atoms with van der Waals surface area (Å²) in [7, 11) is 0. The maximum atomic E-state index is 10.2. The summed E-state index contributed by atoms with van der Waals surface area (Å²) < 4.78 is 0. The lowest BCUT2D eigenvalue weighted by atomic mass is 9.92. The molecule has 15 heavy (non-hydrogen) atoms. The van der Waals surface area contributed by atoms with Crippen molar-refractivity contribution in [1.82, 2.24) is 0 Å². The van der Waals surface area contributed by atoms with Crippen LogP contribution in [0, 0.1) is 17.8 Å². The maximum Gasteiger partial charge on any atom is 0.0818 e. The van der Waals surface area contributed by atoms with Gasteiger partial charge < -0.3 is 5.11 Å². The lowest BCUT2D eigenvalue weighted by Gasteiger charge is -2.19. The third-order valence-corrected chi connectivity index (χ3v) is 4.19. The Morgan fingerprint density at radius 2 is 1.67 bits per heavy atom. The number of hydrogen-bond donors (Lipinski definition) is 1. The molecule has 0 saturated heterocycles. The van der Waals surface area contributed by atoms with Crippen molar-refractivity contribution in [2.75, 3.05) is 0 Å². The van der Waals surface area contributed by atoms with Gasteiger partial charge in [-0.3, -0.25) is 0 Å². The summed E-state index contributed by atoms with van der Waals surface area (Å²) in [6, 6.07) is 7.60. The van der Waals surface area contributed by atoms with Crippen LogP contribution in [0.25, 0.3) is 0 Å². The van der Waals surface area contributed by atoms with Crippen LogP contribution in [0.1, 0.15) is 30.9 Å². The molecule has 0 aliphatic heterocycles. The zero-order valence-electron chi connectivity index (χ0n) is 8.57. The van der Waals surface area contributed by atoms with Crippen molar-refractivity contribution in [3.8, 4) is 0 Å². The van der Waals surface area contributed by atoms with Gasteiger partial charge in [0.1, 0.15) is 0 Å². The summed E-state index contributed by atoms with van der Waals surface area (Å²) in [4.78, 5) is 0. The molecule has 0 spiro atoms. The second-order valence-corrected chi connectivity index (χ2v) is 5.42. The molecule has 3 atom stereocenters. The van der Waals surface area contributed by atoms with Crippen molar-refractivity contribution in [2.45, 2.75) is 25.4 Å². The summed E-state index contributed by atoms with van der Waals surface area (Å²) in [5.41, 5.74) is 1.02. The lowest BCUT2D eigenvalue weighted by molar-refractivity contribution is 0.104. The fourth-order valence-corrected chi connectivity index (χ4v) is 3.08. The van der Waals surface area contributed by atoms with Gasteiger partial charge >= 0.3 is 0 Å². The third kappa shape index (κ3) is 1.79. The Morgan fingerprint density at radius 3 is 2.27 bits per heavy atom. The summed E-state index contributed by atoms with van der Waals surface area (Å²) in [5.74, 6) is 2.34. The molecule has 80 valence electrons. The molecule has 0 amide bonds. The van der Waals surface area contributed by atoms with E-state index in [9.17, 15) is 5.11 Å². The van der Waals surface area contributed by atoms with Gasteiger partial charge in [-0.2, -0.15) is 0 Å². The molecule has 1 nitrogen and oxygen atoms in total. The van der Waals surface area contributed by atoms with E-state index < -0.39 is 0 Å². The van der Waals surface area contributed by atoms with E-state index in [0.717, 1.165) is 22.4 Å². The van der Waals surface area contributed by atoms with Crippen molar-refractivity contribution in [1.29, 1.82) is 0 Å². The topological polar surface area (TPSA) is 20.2 Å². The van der Waals surface area contributed by atoms with Crippen LogP contribution >= 0.6 is 11.6 Å². The molecule has 2 aliphatic rings. The van der Waals surface area contributed by atoms with Gasteiger partial charge in [-0.15, -0.1) is 0 Å². The standard InChI is InChI=1S/C13H15ClO/c14-12-3-1-8(2-4-12)13(15)11-6-9-5-10(9)7-11/h1-4,9-11,13,15H,5-7H2. The van der Waals surface area contributed by atoms with E-state index in [1.807, 2.05) is 24.3 Å². The van der Waals surface area contributed by atoms with Crippen LogP contribution in [-0.4, -0.2) is 5.11 Å². The number of benzene rings is 1. The van der Waals surface area contributed by atoms with Gasteiger partial charge in [-0.25, -0.2) is 0 Å². The molecule has 0 bridgehead atoms. The number of aliphatic hydroxyl groups is 1. The van der Waals surface area contributed by atoms with Gasteiger partial charge in [-0.05, 0) is 54.7 Å². The summed E-state index contributed by atoms with van der Waals surface area (Å²) in [6.45, 7) is 0. The van der Waals surface area contributed by atoms with Gasteiger partial charge in [0.25, 0.3) is 0 Å². The number of rotatable bonds is 2. The van der Waals surface area contributed by atoms with Crippen molar-refractivity contribution in [2.24, 2.45) is 17.8 Å². The molecule has 0 heterocycles. The van der Waals surface area contributed by atoms with Gasteiger partial charge in [0.2, 0.25) is 0 Å². The Kier molecular flexibility index (Phi) is 2.26. The molecule has 1 aromatic carbocycles. The largest absolute Gasteiger partial charge is 0.388 e. The van der Waals surface area contributed by atoms with Crippen LogP contribution in [0.4, 0.5) is 0 Å². The first-order valence-corrected chi connectivity index (χ1v) is 6.05. The first-order chi connectivity index (χ1) is 7.24. The highest BCUT2D eigenvalue weighted by Gasteiger charge is 2.47. The Hall–Kier alpha value is -0.530. The van der Waals surface area contributed by atoms with Crippen molar-refractivity contribution >= 4 is 11.6 Å². The number of halogens is 1. The van der Waals surface area contributed by atoms with E-state index in [0.29, 0.717) is 5.92 Å². The number of aliphatic hydroxyl groups excluding tert-OH is 1. The van der Waals surface area contributed by atoms with Crippen molar-refractivity contribution in [3.05, 3.63) is 34.9 Å². The molecule has 3 rings (SSSR count). The zero-order valence-corrected chi connectivity index (χ0v) is 9.32. The third-order valence-electron chi connectivity index (χ3n) is 3.94. The molecule has 0 aromatic heterocycles. The van der Waals surface area contributed by atoms with Crippen LogP contribution in [-0.2, 0) is 0 Å². The molecule has 1 N–H and O–H groups in total. The van der Waals surface area contributed by atoms with E-state index in [1.165, 1.54) is 19.3 Å². The zero-order chi connectivity index (χ0) is 10.4. The quantitative estimate of drug-likeness (QED) is 0.813. The molecule has 2 heteroatoms. The first-order valence-electron chi connectivity index (χ1n) is 5.67. The Balaban J connectivity index is 1.73. The van der Waals surface area contributed by atoms with E-state index in [4.69, 9.17) is 11.6 Å². The van der Waals surface area contributed by atoms with E-state index in [2.05, 4.69) is 0 Å². The molecule has 0 radical (unpaired) electrons. The molecule has 3 unspecified atom stereocenters. The predicted molar refractivity (Wildman–Crippen MR) is 60.7 cm³/mol. The molecule has 1 aromatic rings. The fraction of sp³-hybridized carbons (Fsp3) is 0.538. The summed E-state index contributed by atoms with van der Waals surface area (Å²) in [5, 5.41) is 10.9. The normalized spacial score (nSPS) is 34.9. The van der Waals surface area contributed by atoms with Crippen molar-refractivity contribution in [3.63, 3.8) is 0 Å². The van der Waals surface area contributed by atoms with E-state index in [-0.39, 0.29) is 6.10 Å². The van der Waals surface area contributed by atoms with Gasteiger partial charge in [0.05, 0.1) is 6.10 Å². The van der Waals surface area contributed by atoms with E-state index in [1.54, 1.807) is 0 Å². The predicted octanol–water partition coefficient (Wildman–Crippen LogP) is 3.42. The minimum Gasteiger partial charge on any atom is -0.388 e. The number of hydrogen-bond acceptors (Lipinski definition) is 1. The van der Waals surface area contributed by atoms with Gasteiger partial charge in [-0.1, -0.05) is 23.7 Å². The average Bonchev–Trinajstić information content (AvgIpc) is 2.86. The van der Waals surface area contributed by atoms with Crippen LogP contribution in [0.15, 0.2) is 24.3 Å². The fourth-order valence-electron chi connectivity index (χ4n) is 2.95. The molecule has 2 saturated carbocycles. The molecular formula is C13H15ClO. The summed E-state index contributed by atoms with van der Waals surface area (Å²) >= 11 is 5.82. The lowest BCUT2D eigenvalue weighted by Crippen LogP contribution is -2.10. The summed E-state index contributed by atoms with van der Waals surface area (Å²) in [6.07, 6.45) is 3.56. The monoisotopic (exact) mass is 222 g/mol. The second kappa shape index (κ2) is 3.50. The SMILES string of the molecule is OC(c1ccc(Cl)cc1)C1CC2CC2C1. The van der Waals surface area contributed by atoms with Crippen LogP contribution in [0.5, 0.6) is 0 Å². The minimum atomic E-state index is -0.282. The van der Waals surface area contributed by atoms with Crippen LogP contribution < -0.4 is 0 Å². The Bertz CT molecular complexity index is 349. The van der Waals surface area contributed by atoms with E-state index >= 15 is 0 Å². The van der Waals surface area contributed by atoms with Gasteiger partial charge in [0, 0.05) is 5.02 Å². The van der Waals surface area contributed by atoms with Crippen molar-refractivity contribution < 1.29 is 5.11 Å². The number of fused-ring (bicyclic) bond motifs is 1.